The summed E-state index contributed by atoms with van der Waals surface area (Å²) in [6, 6.07) is 14.5. The van der Waals surface area contributed by atoms with Gasteiger partial charge in [0.2, 0.25) is 0 Å². The van der Waals surface area contributed by atoms with Crippen LogP contribution in [0.3, 0.4) is 0 Å². The van der Waals surface area contributed by atoms with Gasteiger partial charge in [0.25, 0.3) is 0 Å². The van der Waals surface area contributed by atoms with Crippen molar-refractivity contribution in [2.75, 3.05) is 5.32 Å². The van der Waals surface area contributed by atoms with Crippen LogP contribution in [-0.2, 0) is 0 Å². The highest BCUT2D eigenvalue weighted by molar-refractivity contribution is 7.14. The summed E-state index contributed by atoms with van der Waals surface area (Å²) in [6.45, 7) is 0. The number of hydrogen-bond donors (Lipinski definition) is 2. The summed E-state index contributed by atoms with van der Waals surface area (Å²) in [5.41, 5.74) is 2.83. The summed E-state index contributed by atoms with van der Waals surface area (Å²) in [7, 11) is 0. The Balaban J connectivity index is 0.00000161. The molecular weight excluding hydrogens is 327 g/mol. The van der Waals surface area contributed by atoms with E-state index in [-0.39, 0.29) is 18.2 Å². The fourth-order valence-electron chi connectivity index (χ4n) is 1.75. The second-order valence-corrected chi connectivity index (χ2v) is 5.51. The zero-order chi connectivity index (χ0) is 13.9. The minimum absolute atomic E-state index is 0. The first-order chi connectivity index (χ1) is 9.70. The van der Waals surface area contributed by atoms with E-state index in [1.807, 2.05) is 29.6 Å². The van der Waals surface area contributed by atoms with Crippen molar-refractivity contribution in [3.05, 3.63) is 58.9 Å². The lowest BCUT2D eigenvalue weighted by Crippen LogP contribution is -1.88. The molecule has 0 bridgehead atoms. The van der Waals surface area contributed by atoms with E-state index in [9.17, 15) is 5.11 Å². The number of nitrogens with one attached hydrogen (secondary N) is 1. The number of nitrogens with zero attached hydrogens (tertiary/aromatic N) is 1. The Bertz CT molecular complexity index is 711. The van der Waals surface area contributed by atoms with Gasteiger partial charge in [-0.1, -0.05) is 23.7 Å². The third kappa shape index (κ3) is 3.88. The van der Waals surface area contributed by atoms with Crippen LogP contribution in [-0.4, -0.2) is 10.1 Å². The smallest absolute Gasteiger partial charge is 0.187 e. The number of aromatic hydroxyl groups is 1. The van der Waals surface area contributed by atoms with Crippen LogP contribution >= 0.6 is 35.3 Å². The normalized spacial score (nSPS) is 9.95. The van der Waals surface area contributed by atoms with Crippen molar-refractivity contribution in [2.24, 2.45) is 0 Å². The Morgan fingerprint density at radius 1 is 1.00 bits per heavy atom. The van der Waals surface area contributed by atoms with Crippen LogP contribution in [0.2, 0.25) is 5.02 Å². The lowest BCUT2D eigenvalue weighted by atomic mass is 10.2. The first-order valence-electron chi connectivity index (χ1n) is 5.98. The first kappa shape index (κ1) is 15.6. The molecule has 3 nitrogen and oxygen atoms in total. The second kappa shape index (κ2) is 6.80. The maximum absolute atomic E-state index is 9.25. The minimum atomic E-state index is 0. The van der Waals surface area contributed by atoms with E-state index < -0.39 is 0 Å². The molecule has 1 aromatic heterocycles. The number of rotatable bonds is 3. The molecule has 3 rings (SSSR count). The second-order valence-electron chi connectivity index (χ2n) is 4.22. The molecule has 6 heteroatoms. The van der Waals surface area contributed by atoms with Gasteiger partial charge in [-0.05, 0) is 36.4 Å². The van der Waals surface area contributed by atoms with Crippen molar-refractivity contribution in [1.82, 2.24) is 4.98 Å². The summed E-state index contributed by atoms with van der Waals surface area (Å²) < 4.78 is 0. The molecule has 2 N–H and O–H groups in total. The summed E-state index contributed by atoms with van der Waals surface area (Å²) in [5.74, 6) is 0.247. The van der Waals surface area contributed by atoms with Gasteiger partial charge in [0, 0.05) is 21.7 Å². The highest BCUT2D eigenvalue weighted by Gasteiger charge is 2.05. The van der Waals surface area contributed by atoms with Crippen molar-refractivity contribution in [2.45, 2.75) is 0 Å². The molecule has 0 saturated heterocycles. The van der Waals surface area contributed by atoms with Crippen molar-refractivity contribution < 1.29 is 5.11 Å². The average molecular weight is 339 g/mol. The van der Waals surface area contributed by atoms with Gasteiger partial charge in [0.1, 0.15) is 5.75 Å². The van der Waals surface area contributed by atoms with Gasteiger partial charge >= 0.3 is 0 Å². The van der Waals surface area contributed by atoms with E-state index in [4.69, 9.17) is 11.6 Å². The number of anilines is 2. The Morgan fingerprint density at radius 2 is 1.67 bits per heavy atom. The van der Waals surface area contributed by atoms with Gasteiger partial charge in [-0.15, -0.1) is 23.7 Å². The molecule has 0 unspecified atom stereocenters. The van der Waals surface area contributed by atoms with Crippen molar-refractivity contribution >= 4 is 46.2 Å². The molecule has 0 saturated carbocycles. The Morgan fingerprint density at radius 3 is 2.33 bits per heavy atom. The Hall–Kier alpha value is -1.75. The molecule has 0 aliphatic heterocycles. The summed E-state index contributed by atoms with van der Waals surface area (Å²) in [4.78, 5) is 4.53. The first-order valence-corrected chi connectivity index (χ1v) is 7.24. The molecular formula is C15H12Cl2N2OS. The molecule has 0 amide bonds. The summed E-state index contributed by atoms with van der Waals surface area (Å²) in [6.07, 6.45) is 0. The molecule has 108 valence electrons. The number of aromatic nitrogens is 1. The zero-order valence-corrected chi connectivity index (χ0v) is 13.2. The standard InChI is InChI=1S/C15H11ClN2OS.ClH/c16-11-3-1-10(2-4-11)14-9-20-15(18-14)17-12-5-7-13(19)8-6-12;/h1-9,19H,(H,17,18);1H. The molecule has 0 aliphatic rings. The van der Waals surface area contributed by atoms with Crippen LogP contribution in [0.1, 0.15) is 0 Å². The molecule has 0 atom stereocenters. The van der Waals surface area contributed by atoms with Crippen molar-refractivity contribution in [1.29, 1.82) is 0 Å². The topological polar surface area (TPSA) is 45.1 Å². The van der Waals surface area contributed by atoms with E-state index in [0.29, 0.717) is 5.02 Å². The number of hydrogen-bond acceptors (Lipinski definition) is 4. The maximum atomic E-state index is 9.25. The zero-order valence-electron chi connectivity index (χ0n) is 10.8. The molecule has 21 heavy (non-hydrogen) atoms. The fraction of sp³-hybridized carbons (Fsp3) is 0. The maximum Gasteiger partial charge on any atom is 0.187 e. The van der Waals surface area contributed by atoms with Crippen LogP contribution in [0.25, 0.3) is 11.3 Å². The van der Waals surface area contributed by atoms with Gasteiger partial charge in [0.05, 0.1) is 5.69 Å². The van der Waals surface area contributed by atoms with Crippen LogP contribution in [0, 0.1) is 0 Å². The highest BCUT2D eigenvalue weighted by atomic mass is 35.5. The van der Waals surface area contributed by atoms with E-state index in [1.54, 1.807) is 24.3 Å². The summed E-state index contributed by atoms with van der Waals surface area (Å²) in [5, 5.41) is 16.0. The van der Waals surface area contributed by atoms with E-state index >= 15 is 0 Å². The van der Waals surface area contributed by atoms with Crippen LogP contribution < -0.4 is 5.32 Å². The third-order valence-electron chi connectivity index (χ3n) is 2.76. The monoisotopic (exact) mass is 338 g/mol. The lowest BCUT2D eigenvalue weighted by molar-refractivity contribution is 0.475. The molecule has 2 aromatic carbocycles. The van der Waals surface area contributed by atoms with E-state index in [2.05, 4.69) is 10.3 Å². The van der Waals surface area contributed by atoms with Crippen LogP contribution in [0.5, 0.6) is 5.75 Å². The summed E-state index contributed by atoms with van der Waals surface area (Å²) >= 11 is 7.40. The number of halogens is 2. The number of phenolic OH excluding ortho intramolecular Hbond substituents is 1. The van der Waals surface area contributed by atoms with Gasteiger partial charge in [-0.25, -0.2) is 4.98 Å². The minimum Gasteiger partial charge on any atom is -0.508 e. The predicted molar refractivity (Wildman–Crippen MR) is 91.2 cm³/mol. The quantitative estimate of drug-likeness (QED) is 0.634. The van der Waals surface area contributed by atoms with E-state index in [0.717, 1.165) is 22.1 Å². The molecule has 1 heterocycles. The molecule has 0 spiro atoms. The lowest BCUT2D eigenvalue weighted by Gasteiger charge is -2.02. The molecule has 0 radical (unpaired) electrons. The third-order valence-corrected chi connectivity index (χ3v) is 3.77. The van der Waals surface area contributed by atoms with E-state index in [1.165, 1.54) is 11.3 Å². The van der Waals surface area contributed by atoms with Crippen LogP contribution in [0.15, 0.2) is 53.9 Å². The predicted octanol–water partition coefficient (Wildman–Crippen LogP) is 5.33. The van der Waals surface area contributed by atoms with Crippen LogP contribution in [0.4, 0.5) is 10.8 Å². The van der Waals surface area contributed by atoms with Gasteiger partial charge in [0.15, 0.2) is 5.13 Å². The van der Waals surface area contributed by atoms with Gasteiger partial charge in [-0.2, -0.15) is 0 Å². The van der Waals surface area contributed by atoms with Gasteiger partial charge < -0.3 is 10.4 Å². The largest absolute Gasteiger partial charge is 0.508 e. The average Bonchev–Trinajstić information content (AvgIpc) is 2.91. The molecule has 0 aliphatic carbocycles. The van der Waals surface area contributed by atoms with Crippen molar-refractivity contribution in [3.63, 3.8) is 0 Å². The number of thiazole rings is 1. The molecule has 3 aromatic rings. The van der Waals surface area contributed by atoms with Gasteiger partial charge in [-0.3, -0.25) is 0 Å². The fourth-order valence-corrected chi connectivity index (χ4v) is 2.62. The number of phenols is 1. The SMILES string of the molecule is Cl.Oc1ccc(Nc2nc(-c3ccc(Cl)cc3)cs2)cc1. The number of benzene rings is 2. The Kier molecular flexibility index (Phi) is 5.07. The Labute approximate surface area is 137 Å². The van der Waals surface area contributed by atoms with Crippen molar-refractivity contribution in [3.8, 4) is 17.0 Å². The molecule has 0 fully saturated rings. The highest BCUT2D eigenvalue weighted by Crippen LogP contribution is 2.28.